The van der Waals surface area contributed by atoms with Gasteiger partial charge in [-0.3, -0.25) is 0 Å². The Morgan fingerprint density at radius 3 is 1.62 bits per heavy atom. The van der Waals surface area contributed by atoms with Gasteiger partial charge in [0.25, 0.3) is 0 Å². The summed E-state index contributed by atoms with van der Waals surface area (Å²) < 4.78 is 4.94. The Morgan fingerprint density at radius 2 is 1.50 bits per heavy atom. The molecule has 0 atom stereocenters. The molecule has 0 amide bonds. The van der Waals surface area contributed by atoms with Crippen LogP contribution in [0.3, 0.4) is 0 Å². The Balaban J connectivity index is 0.000000145. The third-order valence-electron chi connectivity index (χ3n) is 0.827. The third-order valence-corrected chi connectivity index (χ3v) is 0.827. The second-order valence-corrected chi connectivity index (χ2v) is 4.05. The van der Waals surface area contributed by atoms with Crippen molar-refractivity contribution in [2.24, 2.45) is 0 Å². The fourth-order valence-electron chi connectivity index (χ4n) is 0.510. The first kappa shape index (κ1) is 8.76. The van der Waals surface area contributed by atoms with Crippen molar-refractivity contribution in [3.63, 3.8) is 0 Å². The number of hydrogen-bond acceptors (Lipinski definition) is 1. The largest absolute Gasteiger partial charge is 0.381 e. The van der Waals surface area contributed by atoms with E-state index in [9.17, 15) is 0 Å². The molecule has 1 aliphatic heterocycles. The molecule has 1 fully saturated rings. The average Bonchev–Trinajstić information content (AvgIpc) is 2.17. The van der Waals surface area contributed by atoms with Crippen LogP contribution in [-0.4, -0.2) is 21.4 Å². The monoisotopic (exact) mass is 172 g/mol. The van der Waals surface area contributed by atoms with Gasteiger partial charge in [0.15, 0.2) is 0 Å². The van der Waals surface area contributed by atoms with Crippen LogP contribution in [0.5, 0.6) is 0 Å². The Labute approximate surface area is 61.5 Å². The number of ether oxygens (including phenoxy) is 1. The van der Waals surface area contributed by atoms with Crippen LogP contribution < -0.4 is 0 Å². The molecule has 0 aliphatic carbocycles. The Hall–Kier alpha value is 0.757. The number of hydrogen-bond donors (Lipinski definition) is 0. The van der Waals surface area contributed by atoms with Crippen molar-refractivity contribution < 1.29 is 4.74 Å². The van der Waals surface area contributed by atoms with E-state index in [1.807, 2.05) is 0 Å². The molecular weight excluding hydrogens is 163 g/mol. The lowest BCUT2D eigenvalue weighted by atomic mass is 10.4. The molecule has 1 heterocycles. The van der Waals surface area contributed by atoms with Gasteiger partial charge in [0.2, 0.25) is 8.14 Å². The molecule has 0 aromatic carbocycles. The lowest BCUT2D eigenvalue weighted by Gasteiger charge is -1.76. The molecule has 0 saturated carbocycles. The van der Waals surface area contributed by atoms with Crippen LogP contribution in [0.4, 0.5) is 0 Å². The van der Waals surface area contributed by atoms with Crippen LogP contribution in [-0.2, 0) is 4.74 Å². The summed E-state index contributed by atoms with van der Waals surface area (Å²) >= 11 is 9.81. The molecule has 8 heavy (non-hydrogen) atoms. The summed E-state index contributed by atoms with van der Waals surface area (Å²) in [5.41, 5.74) is 0. The minimum absolute atomic E-state index is 0.639. The van der Waals surface area contributed by atoms with Crippen molar-refractivity contribution >= 4 is 30.3 Å². The summed E-state index contributed by atoms with van der Waals surface area (Å²) in [5, 5.41) is 0. The van der Waals surface area contributed by atoms with Crippen molar-refractivity contribution in [3.8, 4) is 0 Å². The highest BCUT2D eigenvalue weighted by Crippen LogP contribution is 1.98. The van der Waals surface area contributed by atoms with Crippen molar-refractivity contribution in [1.82, 2.24) is 0 Å². The lowest BCUT2D eigenvalue weighted by Crippen LogP contribution is -1.74. The number of rotatable bonds is 0. The van der Waals surface area contributed by atoms with E-state index in [1.165, 1.54) is 12.8 Å². The van der Waals surface area contributed by atoms with Crippen LogP contribution in [0.2, 0.25) is 0 Å². The maximum Gasteiger partial charge on any atom is 0.222 e. The van der Waals surface area contributed by atoms with E-state index in [1.54, 1.807) is 0 Å². The highest BCUT2D eigenvalue weighted by atomic mass is 35.7. The van der Waals surface area contributed by atoms with Gasteiger partial charge in [-0.2, -0.15) is 22.2 Å². The van der Waals surface area contributed by atoms with Crippen molar-refractivity contribution in [3.05, 3.63) is 0 Å². The Kier molecular flexibility index (Phi) is 8.49. The highest BCUT2D eigenvalue weighted by Gasteiger charge is 1.94. The van der Waals surface area contributed by atoms with Crippen molar-refractivity contribution in [1.29, 1.82) is 0 Å². The van der Waals surface area contributed by atoms with Crippen LogP contribution in [0.25, 0.3) is 0 Å². The molecule has 0 N–H and O–H groups in total. The Bertz CT molecular complexity index is 33.4. The van der Waals surface area contributed by atoms with Crippen LogP contribution in [0.1, 0.15) is 12.8 Å². The first-order chi connectivity index (χ1) is 3.91. The van der Waals surface area contributed by atoms with Crippen LogP contribution in [0, 0.1) is 0 Å². The summed E-state index contributed by atoms with van der Waals surface area (Å²) in [6, 6.07) is 0. The second-order valence-electron chi connectivity index (χ2n) is 1.42. The molecule has 1 aliphatic rings. The maximum absolute atomic E-state index is 4.94. The first-order valence-electron chi connectivity index (χ1n) is 2.61. The fourth-order valence-corrected chi connectivity index (χ4v) is 0.510. The minimum atomic E-state index is -0.639. The predicted molar refractivity (Wildman–Crippen MR) is 40.3 cm³/mol. The van der Waals surface area contributed by atoms with Gasteiger partial charge in [0, 0.05) is 13.2 Å². The number of halogens is 2. The van der Waals surface area contributed by atoms with E-state index in [-0.39, 0.29) is 0 Å². The van der Waals surface area contributed by atoms with Gasteiger partial charge in [-0.15, -0.1) is 0 Å². The fraction of sp³-hybridized carbons (Fsp3) is 1.00. The molecule has 4 heteroatoms. The van der Waals surface area contributed by atoms with Gasteiger partial charge in [0.1, 0.15) is 0 Å². The van der Waals surface area contributed by atoms with E-state index < -0.39 is 8.14 Å². The summed E-state index contributed by atoms with van der Waals surface area (Å²) in [4.78, 5) is 0. The minimum Gasteiger partial charge on any atom is -0.381 e. The van der Waals surface area contributed by atoms with Crippen molar-refractivity contribution in [2.75, 3.05) is 13.2 Å². The van der Waals surface area contributed by atoms with E-state index in [4.69, 9.17) is 26.9 Å². The Morgan fingerprint density at radius 1 is 1.12 bits per heavy atom. The van der Waals surface area contributed by atoms with E-state index in [0.717, 1.165) is 13.2 Å². The van der Waals surface area contributed by atoms with Gasteiger partial charge < -0.3 is 4.74 Å². The molecule has 1 nitrogen and oxygen atoms in total. The van der Waals surface area contributed by atoms with Crippen molar-refractivity contribution in [2.45, 2.75) is 12.8 Å². The maximum atomic E-state index is 4.94. The normalized spacial score (nSPS) is 17.2. The van der Waals surface area contributed by atoms with E-state index >= 15 is 0 Å². The van der Waals surface area contributed by atoms with Gasteiger partial charge in [0.05, 0.1) is 0 Å². The molecule has 0 aromatic heterocycles. The predicted octanol–water partition coefficient (Wildman–Crippen LogP) is 1.26. The lowest BCUT2D eigenvalue weighted by molar-refractivity contribution is 0.198. The molecule has 0 spiro atoms. The topological polar surface area (TPSA) is 9.23 Å². The molecule has 1 rings (SSSR count). The van der Waals surface area contributed by atoms with E-state index in [0.29, 0.717) is 0 Å². The first-order valence-corrected chi connectivity index (χ1v) is 6.89. The zero-order valence-corrected chi connectivity index (χ0v) is 7.63. The standard InChI is InChI=1S/C4H8O.Cl2H2Si/c1-2-4-5-3-1;1-3-2/h1-4H2;3H2. The summed E-state index contributed by atoms with van der Waals surface area (Å²) in [5.74, 6) is 0. The molecule has 50 valence electrons. The SMILES string of the molecule is C1CCOC1.Cl[SiH2]Cl. The molecule has 0 aromatic rings. The van der Waals surface area contributed by atoms with Gasteiger partial charge >= 0.3 is 0 Å². The van der Waals surface area contributed by atoms with Gasteiger partial charge in [-0.1, -0.05) is 0 Å². The summed E-state index contributed by atoms with van der Waals surface area (Å²) in [6.45, 7) is 2.00. The van der Waals surface area contributed by atoms with Crippen LogP contribution in [0.15, 0.2) is 0 Å². The van der Waals surface area contributed by atoms with E-state index in [2.05, 4.69) is 0 Å². The highest BCUT2D eigenvalue weighted by molar-refractivity contribution is 7.22. The quantitative estimate of drug-likeness (QED) is 0.396. The van der Waals surface area contributed by atoms with Crippen LogP contribution >= 0.6 is 22.2 Å². The average molecular weight is 173 g/mol. The summed E-state index contributed by atoms with van der Waals surface area (Å²) in [7, 11) is -0.639. The zero-order valence-electron chi connectivity index (χ0n) is 4.70. The third kappa shape index (κ3) is 6.76. The van der Waals surface area contributed by atoms with Gasteiger partial charge in [-0.05, 0) is 12.8 Å². The second kappa shape index (κ2) is 7.76. The van der Waals surface area contributed by atoms with Gasteiger partial charge in [-0.25, -0.2) is 0 Å². The molecule has 0 radical (unpaired) electrons. The summed E-state index contributed by atoms with van der Waals surface area (Å²) in [6.07, 6.45) is 2.56. The zero-order chi connectivity index (χ0) is 6.24. The molecule has 0 unspecified atom stereocenters. The smallest absolute Gasteiger partial charge is 0.222 e. The molecule has 0 bridgehead atoms. The molecule has 1 saturated heterocycles. The molecular formula is C4H10Cl2OSi.